The van der Waals surface area contributed by atoms with Gasteiger partial charge in [-0.3, -0.25) is 0 Å². The first kappa shape index (κ1) is 17.6. The topological polar surface area (TPSA) is 12.5 Å². The number of hydrogen-bond acceptors (Lipinski definition) is 2. The van der Waals surface area contributed by atoms with Gasteiger partial charge in [-0.25, -0.2) is 0 Å². The van der Waals surface area contributed by atoms with E-state index in [2.05, 4.69) is 18.7 Å². The Morgan fingerprint density at radius 2 is 1.85 bits per heavy atom. The molecule has 0 radical (unpaired) electrons. The molecule has 0 unspecified atom stereocenters. The van der Waals surface area contributed by atoms with Gasteiger partial charge in [-0.2, -0.15) is 0 Å². The Bertz CT molecular complexity index is 375. The SMILES string of the molecule is CC1CCN([C@@H](C)CCOc2ccc(Cl)cc2)CC1.Cl. The van der Waals surface area contributed by atoms with Crippen LogP contribution in [-0.4, -0.2) is 30.6 Å². The van der Waals surface area contributed by atoms with Crippen LogP contribution >= 0.6 is 24.0 Å². The van der Waals surface area contributed by atoms with Crippen LogP contribution in [0.25, 0.3) is 0 Å². The summed E-state index contributed by atoms with van der Waals surface area (Å²) >= 11 is 5.85. The van der Waals surface area contributed by atoms with Crippen LogP contribution in [0, 0.1) is 5.92 Å². The summed E-state index contributed by atoms with van der Waals surface area (Å²) in [6.07, 6.45) is 3.75. The van der Waals surface area contributed by atoms with Crippen LogP contribution in [0.2, 0.25) is 5.02 Å². The van der Waals surface area contributed by atoms with Crippen molar-refractivity contribution >= 4 is 24.0 Å². The standard InChI is InChI=1S/C16H24ClNO.ClH/c1-13-7-10-18(11-8-13)14(2)9-12-19-16-5-3-15(17)4-6-16;/h3-6,13-14H,7-12H2,1-2H3;1H/t14-;/m0./s1. The molecule has 0 aliphatic carbocycles. The first-order chi connectivity index (χ1) is 9.15. The molecule has 2 nitrogen and oxygen atoms in total. The molecule has 0 saturated carbocycles. The van der Waals surface area contributed by atoms with Crippen LogP contribution < -0.4 is 4.74 Å². The van der Waals surface area contributed by atoms with E-state index >= 15 is 0 Å². The second-order valence-electron chi connectivity index (χ2n) is 5.66. The number of piperidine rings is 1. The van der Waals surface area contributed by atoms with Gasteiger partial charge in [0.1, 0.15) is 5.75 Å². The minimum Gasteiger partial charge on any atom is -0.494 e. The zero-order valence-electron chi connectivity index (χ0n) is 12.3. The van der Waals surface area contributed by atoms with E-state index < -0.39 is 0 Å². The predicted octanol–water partition coefficient (Wildman–Crippen LogP) is 4.65. The van der Waals surface area contributed by atoms with Gasteiger partial charge in [0.15, 0.2) is 0 Å². The summed E-state index contributed by atoms with van der Waals surface area (Å²) in [4.78, 5) is 2.59. The number of benzene rings is 1. The lowest BCUT2D eigenvalue weighted by atomic mass is 9.98. The van der Waals surface area contributed by atoms with Crippen LogP contribution in [0.1, 0.15) is 33.1 Å². The van der Waals surface area contributed by atoms with E-state index in [0.717, 1.165) is 29.7 Å². The Labute approximate surface area is 133 Å². The molecule has 1 aliphatic rings. The molecular formula is C16H25Cl2NO. The van der Waals surface area contributed by atoms with Crippen LogP contribution in [0.15, 0.2) is 24.3 Å². The van der Waals surface area contributed by atoms with E-state index in [4.69, 9.17) is 16.3 Å². The molecule has 0 N–H and O–H groups in total. The number of rotatable bonds is 5. The molecule has 114 valence electrons. The van der Waals surface area contributed by atoms with Crippen molar-refractivity contribution in [1.29, 1.82) is 0 Å². The summed E-state index contributed by atoms with van der Waals surface area (Å²) in [5.74, 6) is 1.80. The third-order valence-corrected chi connectivity index (χ3v) is 4.31. The number of nitrogens with zero attached hydrogens (tertiary/aromatic N) is 1. The Kier molecular flexibility index (Phi) is 7.71. The van der Waals surface area contributed by atoms with Crippen LogP contribution in [0.4, 0.5) is 0 Å². The molecule has 0 spiro atoms. The monoisotopic (exact) mass is 317 g/mol. The van der Waals surface area contributed by atoms with Gasteiger partial charge < -0.3 is 9.64 Å². The van der Waals surface area contributed by atoms with E-state index in [1.807, 2.05) is 24.3 Å². The maximum atomic E-state index is 5.85. The molecule has 1 aromatic rings. The van der Waals surface area contributed by atoms with E-state index in [0.29, 0.717) is 6.04 Å². The predicted molar refractivity (Wildman–Crippen MR) is 88.2 cm³/mol. The molecule has 2 rings (SSSR count). The molecule has 20 heavy (non-hydrogen) atoms. The molecule has 0 amide bonds. The molecule has 1 aliphatic heterocycles. The fourth-order valence-electron chi connectivity index (χ4n) is 2.53. The van der Waals surface area contributed by atoms with Crippen molar-refractivity contribution < 1.29 is 4.74 Å². The van der Waals surface area contributed by atoms with Gasteiger partial charge in [0.25, 0.3) is 0 Å². The van der Waals surface area contributed by atoms with Crippen LogP contribution in [0.3, 0.4) is 0 Å². The maximum absolute atomic E-state index is 5.85. The number of ether oxygens (including phenoxy) is 1. The number of likely N-dealkylation sites (tertiary alicyclic amines) is 1. The minimum absolute atomic E-state index is 0. The van der Waals surface area contributed by atoms with Crippen LogP contribution in [-0.2, 0) is 0 Å². The average Bonchev–Trinajstić information content (AvgIpc) is 2.41. The quantitative estimate of drug-likeness (QED) is 0.783. The van der Waals surface area contributed by atoms with Gasteiger partial charge in [-0.1, -0.05) is 18.5 Å². The van der Waals surface area contributed by atoms with E-state index in [1.165, 1.54) is 25.9 Å². The highest BCUT2D eigenvalue weighted by Crippen LogP contribution is 2.20. The fraction of sp³-hybridized carbons (Fsp3) is 0.625. The van der Waals surface area contributed by atoms with Gasteiger partial charge >= 0.3 is 0 Å². The maximum Gasteiger partial charge on any atom is 0.119 e. The third kappa shape index (κ3) is 5.51. The molecule has 0 aromatic heterocycles. The molecular weight excluding hydrogens is 293 g/mol. The lowest BCUT2D eigenvalue weighted by Gasteiger charge is -2.34. The van der Waals surface area contributed by atoms with Crippen molar-refractivity contribution in [2.45, 2.75) is 39.2 Å². The molecule has 4 heteroatoms. The highest BCUT2D eigenvalue weighted by Gasteiger charge is 2.19. The van der Waals surface area contributed by atoms with E-state index in [9.17, 15) is 0 Å². The second kappa shape index (κ2) is 8.76. The second-order valence-corrected chi connectivity index (χ2v) is 6.10. The first-order valence-electron chi connectivity index (χ1n) is 7.27. The minimum atomic E-state index is 0. The molecule has 1 saturated heterocycles. The summed E-state index contributed by atoms with van der Waals surface area (Å²) < 4.78 is 5.76. The van der Waals surface area contributed by atoms with Crippen molar-refractivity contribution in [2.75, 3.05) is 19.7 Å². The van der Waals surface area contributed by atoms with Crippen molar-refractivity contribution in [2.24, 2.45) is 5.92 Å². The third-order valence-electron chi connectivity index (χ3n) is 4.06. The highest BCUT2D eigenvalue weighted by atomic mass is 35.5. The van der Waals surface area contributed by atoms with Gasteiger partial charge in [0, 0.05) is 11.1 Å². The normalized spacial score (nSPS) is 18.4. The molecule has 1 aromatic carbocycles. The number of halogens is 2. The molecule has 0 bridgehead atoms. The fourth-order valence-corrected chi connectivity index (χ4v) is 2.66. The van der Waals surface area contributed by atoms with Gasteiger partial charge in [-0.05, 0) is 69.5 Å². The van der Waals surface area contributed by atoms with Crippen molar-refractivity contribution in [3.8, 4) is 5.75 Å². The summed E-state index contributed by atoms with van der Waals surface area (Å²) in [7, 11) is 0. The zero-order valence-corrected chi connectivity index (χ0v) is 13.9. The van der Waals surface area contributed by atoms with Crippen molar-refractivity contribution in [1.82, 2.24) is 4.90 Å². The summed E-state index contributed by atoms with van der Waals surface area (Å²) in [6.45, 7) is 7.91. The Balaban J connectivity index is 0.00000200. The Hall–Kier alpha value is -0.440. The van der Waals surface area contributed by atoms with Gasteiger partial charge in [-0.15, -0.1) is 12.4 Å². The summed E-state index contributed by atoms with van der Waals surface area (Å²) in [6, 6.07) is 8.20. The largest absolute Gasteiger partial charge is 0.494 e. The highest BCUT2D eigenvalue weighted by molar-refractivity contribution is 6.30. The van der Waals surface area contributed by atoms with Crippen molar-refractivity contribution in [3.05, 3.63) is 29.3 Å². The van der Waals surface area contributed by atoms with Gasteiger partial charge in [0.05, 0.1) is 6.61 Å². The lowest BCUT2D eigenvalue weighted by molar-refractivity contribution is 0.128. The average molecular weight is 318 g/mol. The van der Waals surface area contributed by atoms with Crippen molar-refractivity contribution in [3.63, 3.8) is 0 Å². The lowest BCUT2D eigenvalue weighted by Crippen LogP contribution is -2.40. The molecule has 1 atom stereocenters. The van der Waals surface area contributed by atoms with E-state index in [-0.39, 0.29) is 12.4 Å². The summed E-state index contributed by atoms with van der Waals surface area (Å²) in [5, 5.41) is 0.753. The Morgan fingerprint density at radius 1 is 1.25 bits per heavy atom. The van der Waals surface area contributed by atoms with Gasteiger partial charge in [0.2, 0.25) is 0 Å². The zero-order chi connectivity index (χ0) is 13.7. The van der Waals surface area contributed by atoms with Crippen LogP contribution in [0.5, 0.6) is 5.75 Å². The summed E-state index contributed by atoms with van der Waals surface area (Å²) in [5.41, 5.74) is 0. The smallest absolute Gasteiger partial charge is 0.119 e. The molecule has 1 fully saturated rings. The number of hydrogen-bond donors (Lipinski definition) is 0. The Morgan fingerprint density at radius 3 is 2.45 bits per heavy atom. The first-order valence-corrected chi connectivity index (χ1v) is 7.65. The molecule has 1 heterocycles. The van der Waals surface area contributed by atoms with E-state index in [1.54, 1.807) is 0 Å².